The highest BCUT2D eigenvalue weighted by atomic mass is 16.1. The van der Waals surface area contributed by atoms with E-state index < -0.39 is 0 Å². The molecule has 6 nitrogen and oxygen atoms in total. The molecule has 2 heterocycles. The van der Waals surface area contributed by atoms with E-state index in [-0.39, 0.29) is 5.56 Å². The Balaban J connectivity index is 2.01. The van der Waals surface area contributed by atoms with E-state index in [0.717, 1.165) is 6.42 Å². The van der Waals surface area contributed by atoms with E-state index in [2.05, 4.69) is 34.4 Å². The maximum atomic E-state index is 12.1. The van der Waals surface area contributed by atoms with Gasteiger partial charge in [-0.3, -0.25) is 9.78 Å². The summed E-state index contributed by atoms with van der Waals surface area (Å²) in [5.74, 6) is 0.700. The van der Waals surface area contributed by atoms with Gasteiger partial charge in [0.2, 0.25) is 0 Å². The zero-order chi connectivity index (χ0) is 15.0. The molecule has 2 atom stereocenters. The molecule has 0 radical (unpaired) electrons. The molecule has 0 aliphatic heterocycles. The molecule has 1 aliphatic carbocycles. The first kappa shape index (κ1) is 14.0. The Bertz CT molecular complexity index is 709. The van der Waals surface area contributed by atoms with Gasteiger partial charge in [0.25, 0.3) is 5.56 Å². The highest BCUT2D eigenvalue weighted by molar-refractivity contribution is 5.87. The molecule has 0 spiro atoms. The van der Waals surface area contributed by atoms with Crippen molar-refractivity contribution in [1.82, 2.24) is 19.7 Å². The summed E-state index contributed by atoms with van der Waals surface area (Å²) in [6, 6.07) is 4.42. The number of hydrogen-bond donors (Lipinski definition) is 1. The van der Waals surface area contributed by atoms with E-state index in [1.165, 1.54) is 17.5 Å². The normalized spacial score (nSPS) is 22.1. The standard InChI is InChI=1S/C15H21N5O/c1-19(2)12-8-4-7-11(12)17-14-13-10(6-5-9-16-13)15(21)20(3)18-14/h5-6,9,11-12H,4,7-8H2,1-3H3,(H,17,18). The van der Waals surface area contributed by atoms with Crippen molar-refractivity contribution < 1.29 is 0 Å². The molecule has 1 aliphatic rings. The van der Waals surface area contributed by atoms with E-state index in [9.17, 15) is 4.79 Å². The maximum Gasteiger partial charge on any atom is 0.276 e. The number of hydrogen-bond acceptors (Lipinski definition) is 5. The Morgan fingerprint density at radius 2 is 2.19 bits per heavy atom. The number of aryl methyl sites for hydroxylation is 1. The molecule has 0 bridgehead atoms. The summed E-state index contributed by atoms with van der Waals surface area (Å²) in [5.41, 5.74) is 0.546. The zero-order valence-electron chi connectivity index (χ0n) is 12.7. The summed E-state index contributed by atoms with van der Waals surface area (Å²) in [4.78, 5) is 18.7. The summed E-state index contributed by atoms with van der Waals surface area (Å²) in [5, 5.41) is 8.49. The van der Waals surface area contributed by atoms with Crippen molar-refractivity contribution in [1.29, 1.82) is 0 Å². The molecule has 6 heteroatoms. The number of nitrogens with zero attached hydrogens (tertiary/aromatic N) is 4. The van der Waals surface area contributed by atoms with Crippen LogP contribution in [-0.2, 0) is 7.05 Å². The van der Waals surface area contributed by atoms with E-state index in [4.69, 9.17) is 0 Å². The van der Waals surface area contributed by atoms with Crippen LogP contribution >= 0.6 is 0 Å². The summed E-state index contributed by atoms with van der Waals surface area (Å²) in [6.45, 7) is 0. The van der Waals surface area contributed by atoms with Crippen molar-refractivity contribution in [2.45, 2.75) is 31.3 Å². The summed E-state index contributed by atoms with van der Waals surface area (Å²) in [7, 11) is 5.89. The number of fused-ring (bicyclic) bond motifs is 1. The first-order valence-corrected chi connectivity index (χ1v) is 7.33. The smallest absolute Gasteiger partial charge is 0.276 e. The average molecular weight is 287 g/mol. The first-order valence-electron chi connectivity index (χ1n) is 7.33. The minimum Gasteiger partial charge on any atom is -0.363 e. The molecule has 21 heavy (non-hydrogen) atoms. The van der Waals surface area contributed by atoms with Crippen LogP contribution in [0.3, 0.4) is 0 Å². The van der Waals surface area contributed by atoms with Gasteiger partial charge in [0.15, 0.2) is 5.82 Å². The van der Waals surface area contributed by atoms with Gasteiger partial charge in [0, 0.05) is 25.3 Å². The van der Waals surface area contributed by atoms with Crippen molar-refractivity contribution in [3.8, 4) is 0 Å². The van der Waals surface area contributed by atoms with E-state index in [1.807, 2.05) is 0 Å². The van der Waals surface area contributed by atoms with Gasteiger partial charge in [0.1, 0.15) is 5.52 Å². The van der Waals surface area contributed by atoms with E-state index in [0.29, 0.717) is 28.8 Å². The minimum absolute atomic E-state index is 0.112. The Morgan fingerprint density at radius 1 is 1.38 bits per heavy atom. The minimum atomic E-state index is -0.112. The Labute approximate surface area is 123 Å². The molecule has 1 saturated carbocycles. The van der Waals surface area contributed by atoms with Crippen molar-refractivity contribution in [2.75, 3.05) is 19.4 Å². The number of pyridine rings is 1. The van der Waals surface area contributed by atoms with Gasteiger partial charge >= 0.3 is 0 Å². The van der Waals surface area contributed by atoms with Crippen molar-refractivity contribution >= 4 is 16.7 Å². The van der Waals surface area contributed by atoms with Crippen LogP contribution < -0.4 is 10.9 Å². The van der Waals surface area contributed by atoms with Gasteiger partial charge < -0.3 is 10.2 Å². The monoisotopic (exact) mass is 287 g/mol. The molecule has 0 saturated heterocycles. The van der Waals surface area contributed by atoms with Crippen LogP contribution in [0.15, 0.2) is 23.1 Å². The molecule has 2 aromatic heterocycles. The predicted molar refractivity (Wildman–Crippen MR) is 83.5 cm³/mol. The van der Waals surface area contributed by atoms with Gasteiger partial charge in [-0.05, 0) is 45.5 Å². The molecule has 3 rings (SSSR count). The fraction of sp³-hybridized carbons (Fsp3) is 0.533. The second-order valence-corrected chi connectivity index (χ2v) is 5.89. The lowest BCUT2D eigenvalue weighted by molar-refractivity contribution is 0.284. The fourth-order valence-electron chi connectivity index (χ4n) is 3.18. The topological polar surface area (TPSA) is 63.1 Å². The predicted octanol–water partition coefficient (Wildman–Crippen LogP) is 1.22. The Kier molecular flexibility index (Phi) is 3.63. The van der Waals surface area contributed by atoms with Crippen molar-refractivity contribution in [3.05, 3.63) is 28.7 Å². The quantitative estimate of drug-likeness (QED) is 0.919. The molecule has 1 N–H and O–H groups in total. The van der Waals surface area contributed by atoms with Crippen LogP contribution in [0, 0.1) is 0 Å². The van der Waals surface area contributed by atoms with Crippen LogP contribution in [-0.4, -0.2) is 45.8 Å². The largest absolute Gasteiger partial charge is 0.363 e. The van der Waals surface area contributed by atoms with Gasteiger partial charge in [-0.15, -0.1) is 0 Å². The van der Waals surface area contributed by atoms with Gasteiger partial charge in [-0.2, -0.15) is 5.10 Å². The third-order valence-electron chi connectivity index (χ3n) is 4.27. The first-order chi connectivity index (χ1) is 10.1. The molecule has 0 aromatic carbocycles. The van der Waals surface area contributed by atoms with Crippen molar-refractivity contribution in [2.24, 2.45) is 7.05 Å². The van der Waals surface area contributed by atoms with Crippen molar-refractivity contribution in [3.63, 3.8) is 0 Å². The maximum absolute atomic E-state index is 12.1. The molecular formula is C15H21N5O. The lowest BCUT2D eigenvalue weighted by atomic mass is 10.1. The number of aromatic nitrogens is 3. The molecule has 1 fully saturated rings. The van der Waals surface area contributed by atoms with Crippen LogP contribution in [0.4, 0.5) is 5.82 Å². The lowest BCUT2D eigenvalue weighted by Gasteiger charge is -2.27. The number of rotatable bonds is 3. The third kappa shape index (κ3) is 2.51. The number of likely N-dealkylation sites (N-methyl/N-ethyl adjacent to an activating group) is 1. The highest BCUT2D eigenvalue weighted by Gasteiger charge is 2.29. The Hall–Kier alpha value is -1.95. The van der Waals surface area contributed by atoms with Gasteiger partial charge in [-0.1, -0.05) is 0 Å². The lowest BCUT2D eigenvalue weighted by Crippen LogP contribution is -2.40. The molecule has 2 aromatic rings. The summed E-state index contributed by atoms with van der Waals surface area (Å²) >= 11 is 0. The summed E-state index contributed by atoms with van der Waals surface area (Å²) < 4.78 is 1.38. The SMILES string of the molecule is CN(C)C1CCCC1Nc1nn(C)c(=O)c2cccnc12. The van der Waals surface area contributed by atoms with Crippen LogP contribution in [0.2, 0.25) is 0 Å². The fourth-order valence-corrected chi connectivity index (χ4v) is 3.18. The van der Waals surface area contributed by atoms with Gasteiger partial charge in [-0.25, -0.2) is 4.68 Å². The van der Waals surface area contributed by atoms with Gasteiger partial charge in [0.05, 0.1) is 5.39 Å². The van der Waals surface area contributed by atoms with E-state index in [1.54, 1.807) is 25.4 Å². The number of anilines is 1. The molecule has 112 valence electrons. The van der Waals surface area contributed by atoms with Crippen LogP contribution in [0.25, 0.3) is 10.9 Å². The van der Waals surface area contributed by atoms with Crippen LogP contribution in [0.1, 0.15) is 19.3 Å². The second kappa shape index (κ2) is 5.44. The summed E-state index contributed by atoms with van der Waals surface area (Å²) in [6.07, 6.45) is 5.20. The van der Waals surface area contributed by atoms with Crippen LogP contribution in [0.5, 0.6) is 0 Å². The second-order valence-electron chi connectivity index (χ2n) is 5.89. The average Bonchev–Trinajstić information content (AvgIpc) is 2.93. The zero-order valence-corrected chi connectivity index (χ0v) is 12.7. The molecule has 0 amide bonds. The molecule has 2 unspecified atom stereocenters. The third-order valence-corrected chi connectivity index (χ3v) is 4.27. The number of nitrogens with one attached hydrogen (secondary N) is 1. The molecular weight excluding hydrogens is 266 g/mol. The highest BCUT2D eigenvalue weighted by Crippen LogP contribution is 2.26. The Morgan fingerprint density at radius 3 is 2.95 bits per heavy atom. The van der Waals surface area contributed by atoms with E-state index >= 15 is 0 Å².